The quantitative estimate of drug-likeness (QED) is 0.586. The summed E-state index contributed by atoms with van der Waals surface area (Å²) in [4.78, 5) is 37.8. The number of methoxy groups -OCH3 is 1. The van der Waals surface area contributed by atoms with Crippen LogP contribution < -0.4 is 10.1 Å². The summed E-state index contributed by atoms with van der Waals surface area (Å²) in [5.74, 6) is -1.05. The maximum Gasteiger partial charge on any atom is 0.349 e. The summed E-state index contributed by atoms with van der Waals surface area (Å²) in [6.45, 7) is 5.15. The third kappa shape index (κ3) is 5.26. The van der Waals surface area contributed by atoms with Crippen LogP contribution in [0.4, 0.5) is 5.69 Å². The molecule has 1 aliphatic rings. The summed E-state index contributed by atoms with van der Waals surface area (Å²) < 4.78 is 15.4. The van der Waals surface area contributed by atoms with Crippen LogP contribution in [0.15, 0.2) is 35.5 Å². The van der Waals surface area contributed by atoms with Gasteiger partial charge in [0.1, 0.15) is 11.4 Å². The molecule has 0 bridgehead atoms. The van der Waals surface area contributed by atoms with Gasteiger partial charge in [0.2, 0.25) is 0 Å². The first-order valence-corrected chi connectivity index (χ1v) is 9.18. The predicted molar refractivity (Wildman–Crippen MR) is 104 cm³/mol. The van der Waals surface area contributed by atoms with Gasteiger partial charge in [-0.1, -0.05) is 0 Å². The summed E-state index contributed by atoms with van der Waals surface area (Å²) in [5.41, 5.74) is -0.319. The number of aliphatic hydroxyl groups is 1. The first-order valence-electron chi connectivity index (χ1n) is 9.18. The molecule has 9 heteroatoms. The van der Waals surface area contributed by atoms with Crippen LogP contribution in [0.3, 0.4) is 0 Å². The van der Waals surface area contributed by atoms with Crippen molar-refractivity contribution in [2.75, 3.05) is 38.7 Å². The number of ether oxygens (including phenoxy) is 3. The molecule has 1 aliphatic heterocycles. The minimum absolute atomic E-state index is 0.0589. The van der Waals surface area contributed by atoms with Crippen molar-refractivity contribution in [1.29, 1.82) is 0 Å². The molecule has 0 aliphatic carbocycles. The number of nitrogens with one attached hydrogen (secondary N) is 1. The number of nitrogens with zero attached hydrogens (tertiary/aromatic N) is 1. The van der Waals surface area contributed by atoms with Crippen LogP contribution in [-0.2, 0) is 23.9 Å². The van der Waals surface area contributed by atoms with Crippen molar-refractivity contribution in [2.24, 2.45) is 0 Å². The number of β-amino-alcohol motifs (C(OH)–C–C–N with tert-alkyl or cyclic N) is 1. The highest BCUT2D eigenvalue weighted by molar-refractivity contribution is 6.08. The Morgan fingerprint density at radius 3 is 2.45 bits per heavy atom. The van der Waals surface area contributed by atoms with Gasteiger partial charge >= 0.3 is 11.9 Å². The van der Waals surface area contributed by atoms with E-state index >= 15 is 0 Å². The SMILES string of the molecule is CCOC(=O)C(C)(C)Oc1ccc(NC2=C(C(=O)OC)CN(CCO)C2=O)cc1. The van der Waals surface area contributed by atoms with Crippen molar-refractivity contribution in [3.8, 4) is 5.75 Å². The van der Waals surface area contributed by atoms with Crippen LogP contribution in [-0.4, -0.2) is 66.9 Å². The molecule has 1 heterocycles. The molecule has 0 fully saturated rings. The molecule has 2 rings (SSSR count). The van der Waals surface area contributed by atoms with Gasteiger partial charge in [-0.05, 0) is 45.0 Å². The number of carbonyl (C=O) groups excluding carboxylic acids is 3. The minimum atomic E-state index is -1.16. The van der Waals surface area contributed by atoms with Gasteiger partial charge in [0, 0.05) is 12.2 Å². The van der Waals surface area contributed by atoms with E-state index in [4.69, 9.17) is 19.3 Å². The Labute approximate surface area is 169 Å². The number of anilines is 1. The van der Waals surface area contributed by atoms with E-state index in [0.29, 0.717) is 11.4 Å². The molecule has 29 heavy (non-hydrogen) atoms. The number of carbonyl (C=O) groups is 3. The van der Waals surface area contributed by atoms with E-state index in [1.165, 1.54) is 12.0 Å². The van der Waals surface area contributed by atoms with Crippen LogP contribution in [0.1, 0.15) is 20.8 Å². The molecule has 2 N–H and O–H groups in total. The van der Waals surface area contributed by atoms with Crippen LogP contribution in [0.25, 0.3) is 0 Å². The molecule has 0 aromatic heterocycles. The van der Waals surface area contributed by atoms with E-state index < -0.39 is 23.4 Å². The Hall–Kier alpha value is -3.07. The topological polar surface area (TPSA) is 114 Å². The van der Waals surface area contributed by atoms with Crippen LogP contribution in [0, 0.1) is 0 Å². The number of aliphatic hydroxyl groups excluding tert-OH is 1. The molecule has 0 radical (unpaired) electrons. The Bertz CT molecular complexity index is 800. The lowest BCUT2D eigenvalue weighted by Crippen LogP contribution is -2.39. The number of hydrogen-bond acceptors (Lipinski definition) is 8. The lowest BCUT2D eigenvalue weighted by Gasteiger charge is -2.24. The normalized spacial score (nSPS) is 14.1. The first-order chi connectivity index (χ1) is 13.7. The molecule has 9 nitrogen and oxygen atoms in total. The zero-order chi connectivity index (χ0) is 21.6. The molecule has 1 amide bonds. The minimum Gasteiger partial charge on any atom is -0.476 e. The van der Waals surface area contributed by atoms with E-state index in [2.05, 4.69) is 5.32 Å². The van der Waals surface area contributed by atoms with Crippen molar-refractivity contribution >= 4 is 23.5 Å². The lowest BCUT2D eigenvalue weighted by molar-refractivity contribution is -0.158. The molecule has 1 aromatic rings. The standard InChI is InChI=1S/C20H26N2O7/c1-5-28-19(26)20(2,3)29-14-8-6-13(7-9-14)21-16-15(18(25)27-4)12-22(10-11-23)17(16)24/h6-9,21,23H,5,10-12H2,1-4H3. The predicted octanol–water partition coefficient (Wildman–Crippen LogP) is 1.08. The van der Waals surface area contributed by atoms with Gasteiger partial charge in [-0.25, -0.2) is 9.59 Å². The van der Waals surface area contributed by atoms with Crippen LogP contribution in [0.2, 0.25) is 0 Å². The summed E-state index contributed by atoms with van der Waals surface area (Å²) in [6.07, 6.45) is 0. The third-order valence-corrected chi connectivity index (χ3v) is 4.22. The fraction of sp³-hybridized carbons (Fsp3) is 0.450. The highest BCUT2D eigenvalue weighted by atomic mass is 16.6. The van der Waals surface area contributed by atoms with E-state index in [1.54, 1.807) is 45.0 Å². The van der Waals surface area contributed by atoms with Gasteiger partial charge in [0.25, 0.3) is 5.91 Å². The Kier molecular flexibility index (Phi) is 7.22. The number of hydrogen-bond donors (Lipinski definition) is 2. The van der Waals surface area contributed by atoms with Crippen LogP contribution >= 0.6 is 0 Å². The molecule has 0 atom stereocenters. The van der Waals surface area contributed by atoms with Gasteiger partial charge in [-0.2, -0.15) is 0 Å². The summed E-state index contributed by atoms with van der Waals surface area (Å²) in [7, 11) is 1.24. The summed E-state index contributed by atoms with van der Waals surface area (Å²) in [5, 5.41) is 12.0. The van der Waals surface area contributed by atoms with Gasteiger partial charge in [-0.3, -0.25) is 4.79 Å². The molecule has 0 spiro atoms. The average molecular weight is 406 g/mol. The van der Waals surface area contributed by atoms with Crippen molar-refractivity contribution in [1.82, 2.24) is 4.90 Å². The average Bonchev–Trinajstić information content (AvgIpc) is 2.99. The highest BCUT2D eigenvalue weighted by Crippen LogP contribution is 2.25. The number of benzene rings is 1. The molecule has 0 saturated carbocycles. The molecule has 1 aromatic carbocycles. The fourth-order valence-electron chi connectivity index (χ4n) is 2.74. The number of esters is 2. The van der Waals surface area contributed by atoms with Gasteiger partial charge in [0.15, 0.2) is 5.60 Å². The van der Waals surface area contributed by atoms with Crippen molar-refractivity contribution in [2.45, 2.75) is 26.4 Å². The Morgan fingerprint density at radius 1 is 1.24 bits per heavy atom. The second-order valence-electron chi connectivity index (χ2n) is 6.78. The number of rotatable bonds is 9. The van der Waals surface area contributed by atoms with Gasteiger partial charge in [-0.15, -0.1) is 0 Å². The number of amides is 1. The first kappa shape index (κ1) is 22.2. The van der Waals surface area contributed by atoms with Crippen LogP contribution in [0.5, 0.6) is 5.75 Å². The van der Waals surface area contributed by atoms with E-state index in [9.17, 15) is 14.4 Å². The van der Waals surface area contributed by atoms with Gasteiger partial charge in [0.05, 0.1) is 32.4 Å². The van der Waals surface area contributed by atoms with E-state index in [1.807, 2.05) is 0 Å². The molecular formula is C20H26N2O7. The molecule has 0 saturated heterocycles. The second kappa shape index (κ2) is 9.42. The zero-order valence-electron chi connectivity index (χ0n) is 17.0. The second-order valence-corrected chi connectivity index (χ2v) is 6.78. The van der Waals surface area contributed by atoms with Gasteiger partial charge < -0.3 is 29.5 Å². The summed E-state index contributed by atoms with van der Waals surface area (Å²) >= 11 is 0. The monoisotopic (exact) mass is 406 g/mol. The Morgan fingerprint density at radius 2 is 1.90 bits per heavy atom. The maximum absolute atomic E-state index is 12.5. The third-order valence-electron chi connectivity index (χ3n) is 4.22. The largest absolute Gasteiger partial charge is 0.476 e. The molecule has 158 valence electrons. The van der Waals surface area contributed by atoms with E-state index in [-0.39, 0.29) is 37.6 Å². The van der Waals surface area contributed by atoms with Crippen molar-refractivity contribution in [3.05, 3.63) is 35.5 Å². The smallest absolute Gasteiger partial charge is 0.349 e. The highest BCUT2D eigenvalue weighted by Gasteiger charge is 2.34. The van der Waals surface area contributed by atoms with Crippen molar-refractivity contribution < 1.29 is 33.7 Å². The maximum atomic E-state index is 12.5. The molecule has 0 unspecified atom stereocenters. The lowest BCUT2D eigenvalue weighted by atomic mass is 10.1. The van der Waals surface area contributed by atoms with Crippen molar-refractivity contribution in [3.63, 3.8) is 0 Å². The fourth-order valence-corrected chi connectivity index (χ4v) is 2.74. The van der Waals surface area contributed by atoms with E-state index in [0.717, 1.165) is 0 Å². The summed E-state index contributed by atoms with van der Waals surface area (Å²) in [6, 6.07) is 6.57. The Balaban J connectivity index is 2.16. The zero-order valence-corrected chi connectivity index (χ0v) is 17.0. The molecular weight excluding hydrogens is 380 g/mol.